The number of carbonyl (C=O) groups is 4. The molecule has 2 amide bonds. The number of carboxylic acid groups (broad SMARTS) is 1. The Morgan fingerprint density at radius 1 is 1.04 bits per heavy atom. The van der Waals surface area contributed by atoms with E-state index in [0.29, 0.717) is 4.90 Å². The molecule has 0 saturated heterocycles. The average Bonchev–Trinajstić information content (AvgIpc) is 2.58. The minimum atomic E-state index is -2.04. The first-order valence-electron chi connectivity index (χ1n) is 7.14. The van der Waals surface area contributed by atoms with Crippen LogP contribution in [0.4, 0.5) is 0 Å². The lowest BCUT2D eigenvalue weighted by Crippen LogP contribution is -2.59. The molecule has 0 radical (unpaired) electrons. The van der Waals surface area contributed by atoms with Gasteiger partial charge in [-0.2, -0.15) is 0 Å². The summed E-state index contributed by atoms with van der Waals surface area (Å²) in [4.78, 5) is 47.8. The zero-order valence-electron chi connectivity index (χ0n) is 12.9. The number of carboxylic acids is 1. The molecule has 130 valence electrons. The van der Waals surface area contributed by atoms with Gasteiger partial charge in [-0.1, -0.05) is 30.3 Å². The highest BCUT2D eigenvalue weighted by Crippen LogP contribution is 2.09. The van der Waals surface area contributed by atoms with Crippen LogP contribution in [0.5, 0.6) is 0 Å². The van der Waals surface area contributed by atoms with Crippen LogP contribution in [0.3, 0.4) is 0 Å². The quantitative estimate of drug-likeness (QED) is 0.389. The van der Waals surface area contributed by atoms with Crippen molar-refractivity contribution < 1.29 is 24.3 Å². The van der Waals surface area contributed by atoms with E-state index in [9.17, 15) is 24.3 Å². The predicted molar refractivity (Wildman–Crippen MR) is 84.5 cm³/mol. The predicted octanol–water partition coefficient (Wildman–Crippen LogP) is -2.15. The van der Waals surface area contributed by atoms with Crippen LogP contribution in [-0.2, 0) is 25.6 Å². The smallest absolute Gasteiger partial charge is 0.334 e. The molecule has 9 heteroatoms. The highest BCUT2D eigenvalue weighted by Gasteiger charge is 2.40. The second-order valence-electron chi connectivity index (χ2n) is 5.01. The molecule has 0 aliphatic heterocycles. The molecule has 1 aromatic carbocycles. The fourth-order valence-electron chi connectivity index (χ4n) is 2.13. The van der Waals surface area contributed by atoms with Gasteiger partial charge in [0.05, 0.1) is 19.1 Å². The van der Waals surface area contributed by atoms with Crippen LogP contribution in [0.15, 0.2) is 30.3 Å². The van der Waals surface area contributed by atoms with Crippen LogP contribution >= 0.6 is 0 Å². The molecule has 0 fully saturated rings. The fourth-order valence-corrected chi connectivity index (χ4v) is 2.13. The number of imide groups is 1. The van der Waals surface area contributed by atoms with Crippen LogP contribution in [-0.4, -0.2) is 58.7 Å². The summed E-state index contributed by atoms with van der Waals surface area (Å²) in [6.45, 7) is -1.29. The number of benzene rings is 1. The number of carbonyl (C=O) groups excluding carboxylic acids is 3. The maximum atomic E-state index is 12.5. The van der Waals surface area contributed by atoms with E-state index in [-0.39, 0.29) is 6.42 Å². The van der Waals surface area contributed by atoms with E-state index in [4.69, 9.17) is 17.2 Å². The minimum Gasteiger partial charge on any atom is -0.479 e. The van der Waals surface area contributed by atoms with Gasteiger partial charge in [-0.05, 0) is 12.0 Å². The van der Waals surface area contributed by atoms with E-state index in [1.54, 1.807) is 30.3 Å². The number of Topliss-reactive ketones (excluding diaryl/α,β-unsaturated/α-hetero) is 1. The summed E-state index contributed by atoms with van der Waals surface area (Å²) >= 11 is 0. The number of amides is 2. The maximum absolute atomic E-state index is 12.5. The van der Waals surface area contributed by atoms with Crippen molar-refractivity contribution in [1.82, 2.24) is 4.90 Å². The van der Waals surface area contributed by atoms with Crippen LogP contribution in [0.1, 0.15) is 5.56 Å². The van der Waals surface area contributed by atoms with Gasteiger partial charge in [-0.3, -0.25) is 19.3 Å². The molecule has 0 aliphatic rings. The number of hydrogen-bond acceptors (Lipinski definition) is 7. The van der Waals surface area contributed by atoms with Crippen molar-refractivity contribution in [3.8, 4) is 0 Å². The first-order chi connectivity index (χ1) is 11.3. The third kappa shape index (κ3) is 4.69. The van der Waals surface area contributed by atoms with Crippen molar-refractivity contribution in [3.63, 3.8) is 0 Å². The van der Waals surface area contributed by atoms with E-state index >= 15 is 0 Å². The van der Waals surface area contributed by atoms with Gasteiger partial charge in [-0.15, -0.1) is 0 Å². The van der Waals surface area contributed by atoms with E-state index in [1.165, 1.54) is 0 Å². The highest BCUT2D eigenvalue weighted by atomic mass is 16.4. The van der Waals surface area contributed by atoms with Gasteiger partial charge in [0.1, 0.15) is 0 Å². The van der Waals surface area contributed by atoms with Crippen molar-refractivity contribution in [2.24, 2.45) is 17.2 Å². The second kappa shape index (κ2) is 8.87. The van der Waals surface area contributed by atoms with E-state index in [2.05, 4.69) is 0 Å². The Morgan fingerprint density at radius 3 is 2.08 bits per heavy atom. The van der Waals surface area contributed by atoms with Crippen molar-refractivity contribution in [1.29, 1.82) is 0 Å². The summed E-state index contributed by atoms with van der Waals surface area (Å²) in [6, 6.07) is 5.46. The van der Waals surface area contributed by atoms with E-state index in [0.717, 1.165) is 5.56 Å². The molecule has 24 heavy (non-hydrogen) atoms. The normalized spacial score (nSPS) is 13.0. The van der Waals surface area contributed by atoms with Crippen molar-refractivity contribution in [3.05, 3.63) is 35.9 Å². The van der Waals surface area contributed by atoms with Gasteiger partial charge < -0.3 is 22.3 Å². The number of aliphatic carboxylic acids is 1. The third-order valence-corrected chi connectivity index (χ3v) is 3.29. The lowest BCUT2D eigenvalue weighted by atomic mass is 10.0. The molecule has 0 saturated carbocycles. The highest BCUT2D eigenvalue weighted by molar-refractivity contribution is 6.12. The van der Waals surface area contributed by atoms with Gasteiger partial charge in [-0.25, -0.2) is 4.79 Å². The summed E-state index contributed by atoms with van der Waals surface area (Å²) in [7, 11) is 0. The minimum absolute atomic E-state index is 0.0666. The first kappa shape index (κ1) is 19.4. The molecule has 9 nitrogen and oxygen atoms in total. The Balaban J connectivity index is 3.10. The lowest BCUT2D eigenvalue weighted by molar-refractivity contribution is -0.161. The molecule has 0 bridgehead atoms. The van der Waals surface area contributed by atoms with E-state index < -0.39 is 48.7 Å². The Bertz CT molecular complexity index is 620. The van der Waals surface area contributed by atoms with Crippen LogP contribution in [0, 0.1) is 0 Å². The summed E-state index contributed by atoms with van der Waals surface area (Å²) in [5.41, 5.74) is 16.9. The Labute approximate surface area is 138 Å². The van der Waals surface area contributed by atoms with Gasteiger partial charge in [0.2, 0.25) is 11.8 Å². The monoisotopic (exact) mass is 336 g/mol. The van der Waals surface area contributed by atoms with Gasteiger partial charge in [0.25, 0.3) is 0 Å². The van der Waals surface area contributed by atoms with Crippen molar-refractivity contribution in [2.75, 3.05) is 13.1 Å². The number of nitrogens with two attached hydrogens (primary N) is 3. The summed E-state index contributed by atoms with van der Waals surface area (Å²) in [5.74, 6) is -4.68. The first-order valence-corrected chi connectivity index (χ1v) is 7.14. The Morgan fingerprint density at radius 2 is 1.62 bits per heavy atom. The van der Waals surface area contributed by atoms with Crippen LogP contribution in [0.25, 0.3) is 0 Å². The molecule has 1 rings (SSSR count). The summed E-state index contributed by atoms with van der Waals surface area (Å²) in [5, 5.41) is 9.21. The molecule has 7 N–H and O–H groups in total. The van der Waals surface area contributed by atoms with Crippen molar-refractivity contribution in [2.45, 2.75) is 18.5 Å². The van der Waals surface area contributed by atoms with Crippen LogP contribution in [0.2, 0.25) is 0 Å². The third-order valence-electron chi connectivity index (χ3n) is 3.29. The van der Waals surface area contributed by atoms with Gasteiger partial charge in [0, 0.05) is 0 Å². The summed E-state index contributed by atoms with van der Waals surface area (Å²) < 4.78 is 0. The second-order valence-corrected chi connectivity index (χ2v) is 5.01. The lowest BCUT2D eigenvalue weighted by Gasteiger charge is -2.28. The molecule has 0 aliphatic carbocycles. The summed E-state index contributed by atoms with van der Waals surface area (Å²) in [6.07, 6.45) is 0.0666. The average molecular weight is 336 g/mol. The number of nitrogens with zero attached hydrogens (tertiary/aromatic N) is 1. The molecule has 0 spiro atoms. The SMILES string of the molecule is NCC(=O)C(C(=O)O)N(C(=O)CN)C(=O)C(N)Cc1ccccc1. The zero-order valence-corrected chi connectivity index (χ0v) is 12.9. The fraction of sp³-hybridized carbons (Fsp3) is 0.333. The molecular formula is C15H20N4O5. The Hall–Kier alpha value is -2.62. The van der Waals surface area contributed by atoms with E-state index in [1.807, 2.05) is 0 Å². The molecule has 1 aromatic rings. The van der Waals surface area contributed by atoms with Gasteiger partial charge in [0.15, 0.2) is 11.8 Å². The standard InChI is InChI=1S/C15H20N4O5/c16-7-11(20)13(15(23)24)19(12(21)8-17)14(22)10(18)6-9-4-2-1-3-5-9/h1-5,10,13H,6-8,16-18H2,(H,23,24). The molecule has 2 unspecified atom stereocenters. The molecule has 0 heterocycles. The maximum Gasteiger partial charge on any atom is 0.334 e. The zero-order chi connectivity index (χ0) is 18.3. The van der Waals surface area contributed by atoms with Gasteiger partial charge >= 0.3 is 5.97 Å². The topological polar surface area (TPSA) is 170 Å². The van der Waals surface area contributed by atoms with Crippen LogP contribution < -0.4 is 17.2 Å². The Kier molecular flexibility index (Phi) is 7.18. The molecule has 0 aromatic heterocycles. The number of ketones is 1. The van der Waals surface area contributed by atoms with Crippen molar-refractivity contribution >= 4 is 23.6 Å². The largest absolute Gasteiger partial charge is 0.479 e. The number of hydrogen-bond donors (Lipinski definition) is 4. The molecular weight excluding hydrogens is 316 g/mol. The number of rotatable bonds is 8. The molecule has 2 atom stereocenters.